The highest BCUT2D eigenvalue weighted by molar-refractivity contribution is 6.30. The smallest absolute Gasteiger partial charge is 0.124 e. The molecular formula is C15H22ClNO. The van der Waals surface area contributed by atoms with E-state index in [9.17, 15) is 0 Å². The molecule has 1 unspecified atom stereocenters. The zero-order valence-corrected chi connectivity index (χ0v) is 12.0. The summed E-state index contributed by atoms with van der Waals surface area (Å²) in [6.07, 6.45) is 5.19. The molecule has 3 heteroatoms. The molecule has 0 radical (unpaired) electrons. The van der Waals surface area contributed by atoms with Crippen LogP contribution in [0.15, 0.2) is 18.2 Å². The Balaban J connectivity index is 1.71. The summed E-state index contributed by atoms with van der Waals surface area (Å²) in [6.45, 7) is 5.28. The first-order valence-electron chi connectivity index (χ1n) is 6.81. The van der Waals surface area contributed by atoms with Crippen molar-refractivity contribution in [1.29, 1.82) is 0 Å². The third-order valence-corrected chi connectivity index (χ3v) is 3.51. The minimum atomic E-state index is 0.239. The molecule has 0 aliphatic heterocycles. The number of halogens is 1. The summed E-state index contributed by atoms with van der Waals surface area (Å²) in [4.78, 5) is 0. The molecule has 1 aliphatic rings. The van der Waals surface area contributed by atoms with Crippen LogP contribution in [-0.2, 0) is 0 Å². The summed E-state index contributed by atoms with van der Waals surface area (Å²) in [5.74, 6) is 0.908. The molecule has 1 saturated carbocycles. The quantitative estimate of drug-likeness (QED) is 0.756. The van der Waals surface area contributed by atoms with Crippen molar-refractivity contribution in [2.45, 2.75) is 51.7 Å². The first-order valence-corrected chi connectivity index (χ1v) is 7.19. The van der Waals surface area contributed by atoms with Crippen LogP contribution in [0.1, 0.15) is 38.2 Å². The molecule has 1 aromatic carbocycles. The lowest BCUT2D eigenvalue weighted by molar-refractivity contribution is 0.206. The van der Waals surface area contributed by atoms with E-state index in [-0.39, 0.29) is 6.10 Å². The molecule has 1 aromatic rings. The largest absolute Gasteiger partial charge is 0.490 e. The van der Waals surface area contributed by atoms with E-state index in [1.807, 2.05) is 25.1 Å². The molecule has 2 nitrogen and oxygen atoms in total. The molecule has 1 atom stereocenters. The highest BCUT2D eigenvalue weighted by Crippen LogP contribution is 2.24. The van der Waals surface area contributed by atoms with Crippen LogP contribution in [0.25, 0.3) is 0 Å². The van der Waals surface area contributed by atoms with E-state index >= 15 is 0 Å². The van der Waals surface area contributed by atoms with Crippen molar-refractivity contribution in [2.75, 3.05) is 6.54 Å². The Morgan fingerprint density at radius 3 is 2.94 bits per heavy atom. The van der Waals surface area contributed by atoms with Gasteiger partial charge in [0.05, 0.1) is 6.10 Å². The topological polar surface area (TPSA) is 21.3 Å². The van der Waals surface area contributed by atoms with Crippen molar-refractivity contribution >= 4 is 11.6 Å². The molecule has 0 spiro atoms. The maximum Gasteiger partial charge on any atom is 0.124 e. The highest BCUT2D eigenvalue weighted by Gasteiger charge is 2.19. The third-order valence-electron chi connectivity index (χ3n) is 3.28. The molecule has 0 heterocycles. The summed E-state index contributed by atoms with van der Waals surface area (Å²) in [6, 6.07) is 6.60. The van der Waals surface area contributed by atoms with Gasteiger partial charge < -0.3 is 10.1 Å². The minimum absolute atomic E-state index is 0.239. The maximum atomic E-state index is 5.98. The molecule has 1 fully saturated rings. The number of aryl methyl sites for hydroxylation is 1. The third kappa shape index (κ3) is 4.51. The Morgan fingerprint density at radius 2 is 2.22 bits per heavy atom. The lowest BCUT2D eigenvalue weighted by atomic mass is 10.2. The van der Waals surface area contributed by atoms with Crippen LogP contribution in [0.3, 0.4) is 0 Å². The predicted octanol–water partition coefficient (Wildman–Crippen LogP) is 3.95. The minimum Gasteiger partial charge on any atom is -0.490 e. The van der Waals surface area contributed by atoms with E-state index in [1.165, 1.54) is 12.8 Å². The molecule has 0 bridgehead atoms. The van der Waals surface area contributed by atoms with E-state index in [0.717, 1.165) is 41.8 Å². The fourth-order valence-corrected chi connectivity index (χ4v) is 2.12. The van der Waals surface area contributed by atoms with Crippen molar-refractivity contribution in [1.82, 2.24) is 5.32 Å². The van der Waals surface area contributed by atoms with Crippen LogP contribution < -0.4 is 10.1 Å². The van der Waals surface area contributed by atoms with Crippen LogP contribution in [0, 0.1) is 6.92 Å². The number of nitrogens with one attached hydrogen (secondary N) is 1. The van der Waals surface area contributed by atoms with Crippen LogP contribution in [0.5, 0.6) is 5.75 Å². The molecular weight excluding hydrogens is 246 g/mol. The van der Waals surface area contributed by atoms with Crippen molar-refractivity contribution in [3.8, 4) is 5.75 Å². The first kappa shape index (κ1) is 13.7. The van der Waals surface area contributed by atoms with E-state index in [0.29, 0.717) is 0 Å². The summed E-state index contributed by atoms with van der Waals surface area (Å²) in [7, 11) is 0. The van der Waals surface area contributed by atoms with E-state index < -0.39 is 0 Å². The van der Waals surface area contributed by atoms with Gasteiger partial charge in [-0.1, -0.05) is 17.7 Å². The fraction of sp³-hybridized carbons (Fsp3) is 0.600. The summed E-state index contributed by atoms with van der Waals surface area (Å²) < 4.78 is 5.94. The second-order valence-electron chi connectivity index (χ2n) is 5.21. The monoisotopic (exact) mass is 267 g/mol. The maximum absolute atomic E-state index is 5.98. The number of hydrogen-bond acceptors (Lipinski definition) is 2. The Kier molecular flexibility index (Phi) is 4.90. The Bertz CT molecular complexity index is 390. The molecule has 2 rings (SSSR count). The Morgan fingerprint density at radius 1 is 1.44 bits per heavy atom. The molecule has 1 N–H and O–H groups in total. The van der Waals surface area contributed by atoms with Crippen molar-refractivity contribution in [2.24, 2.45) is 0 Å². The van der Waals surface area contributed by atoms with E-state index in [2.05, 4.69) is 12.2 Å². The fourth-order valence-electron chi connectivity index (χ4n) is 1.96. The van der Waals surface area contributed by atoms with Gasteiger partial charge in [-0.15, -0.1) is 0 Å². The SMILES string of the molecule is Cc1ccc(Cl)cc1OC(C)CCCNC1CC1. The lowest BCUT2D eigenvalue weighted by Gasteiger charge is -2.16. The lowest BCUT2D eigenvalue weighted by Crippen LogP contribution is -2.20. The first-order chi connectivity index (χ1) is 8.65. The summed E-state index contributed by atoms with van der Waals surface area (Å²) >= 11 is 5.98. The van der Waals surface area contributed by atoms with Crippen LogP contribution >= 0.6 is 11.6 Å². The Hall–Kier alpha value is -0.730. The molecule has 0 saturated heterocycles. The zero-order chi connectivity index (χ0) is 13.0. The molecule has 1 aliphatic carbocycles. The van der Waals surface area contributed by atoms with Gasteiger partial charge in [0.1, 0.15) is 5.75 Å². The predicted molar refractivity (Wildman–Crippen MR) is 76.5 cm³/mol. The highest BCUT2D eigenvalue weighted by atomic mass is 35.5. The van der Waals surface area contributed by atoms with Crippen molar-refractivity contribution in [3.05, 3.63) is 28.8 Å². The summed E-state index contributed by atoms with van der Waals surface area (Å²) in [5, 5.41) is 4.25. The second-order valence-corrected chi connectivity index (χ2v) is 5.65. The molecule has 100 valence electrons. The number of benzene rings is 1. The average Bonchev–Trinajstić information content (AvgIpc) is 3.13. The van der Waals surface area contributed by atoms with Gasteiger partial charge >= 0.3 is 0 Å². The van der Waals surface area contributed by atoms with Gasteiger partial charge in [-0.05, 0) is 63.8 Å². The molecule has 0 amide bonds. The molecule has 18 heavy (non-hydrogen) atoms. The molecule has 0 aromatic heterocycles. The van der Waals surface area contributed by atoms with E-state index in [1.54, 1.807) is 0 Å². The number of rotatable bonds is 7. The van der Waals surface area contributed by atoms with Crippen molar-refractivity contribution < 1.29 is 4.74 Å². The zero-order valence-electron chi connectivity index (χ0n) is 11.2. The Labute approximate surface area is 115 Å². The van der Waals surface area contributed by atoms with Gasteiger partial charge in [-0.25, -0.2) is 0 Å². The van der Waals surface area contributed by atoms with Crippen LogP contribution in [0.4, 0.5) is 0 Å². The van der Waals surface area contributed by atoms with Crippen LogP contribution in [-0.4, -0.2) is 18.7 Å². The normalized spacial score (nSPS) is 16.6. The van der Waals surface area contributed by atoms with Gasteiger partial charge in [-0.3, -0.25) is 0 Å². The van der Waals surface area contributed by atoms with Crippen LogP contribution in [0.2, 0.25) is 5.02 Å². The van der Waals surface area contributed by atoms with Gasteiger partial charge in [0, 0.05) is 11.1 Å². The second kappa shape index (κ2) is 6.44. The van der Waals surface area contributed by atoms with Gasteiger partial charge in [-0.2, -0.15) is 0 Å². The standard InChI is InChI=1S/C15H22ClNO/c1-11-5-6-13(16)10-15(11)18-12(2)4-3-9-17-14-7-8-14/h5-6,10,12,14,17H,3-4,7-9H2,1-2H3. The average molecular weight is 268 g/mol. The van der Waals surface area contributed by atoms with Gasteiger partial charge in [0.25, 0.3) is 0 Å². The van der Waals surface area contributed by atoms with Gasteiger partial charge in [0.2, 0.25) is 0 Å². The van der Waals surface area contributed by atoms with E-state index in [4.69, 9.17) is 16.3 Å². The summed E-state index contributed by atoms with van der Waals surface area (Å²) in [5.41, 5.74) is 1.14. The van der Waals surface area contributed by atoms with Crippen molar-refractivity contribution in [3.63, 3.8) is 0 Å². The number of ether oxygens (including phenoxy) is 1. The number of hydrogen-bond donors (Lipinski definition) is 1. The van der Waals surface area contributed by atoms with Gasteiger partial charge in [0.15, 0.2) is 0 Å².